The van der Waals surface area contributed by atoms with Crippen molar-refractivity contribution in [3.63, 3.8) is 0 Å². The van der Waals surface area contributed by atoms with E-state index in [1.807, 2.05) is 0 Å². The first-order valence-corrected chi connectivity index (χ1v) is 6.01. The molecule has 19 heavy (non-hydrogen) atoms. The van der Waals surface area contributed by atoms with E-state index in [0.717, 1.165) is 0 Å². The zero-order valence-corrected chi connectivity index (χ0v) is 11.1. The van der Waals surface area contributed by atoms with Gasteiger partial charge in [-0.25, -0.2) is 9.78 Å². The fourth-order valence-corrected chi connectivity index (χ4v) is 1.48. The SMILES string of the molecule is CC(C)(CCC(=O)O)NC(=O)NCCc1ncn[nH]1. The van der Waals surface area contributed by atoms with Gasteiger partial charge in [-0.05, 0) is 20.3 Å². The van der Waals surface area contributed by atoms with E-state index < -0.39 is 11.5 Å². The molecule has 0 atom stereocenters. The van der Waals surface area contributed by atoms with E-state index in [1.165, 1.54) is 6.33 Å². The molecule has 1 aromatic heterocycles. The standard InChI is InChI=1S/C11H19N5O3/c1-11(2,5-3-9(17)18)15-10(19)12-6-4-8-13-7-14-16-8/h7H,3-6H2,1-2H3,(H,17,18)(H2,12,15,19)(H,13,14,16). The molecule has 0 aromatic carbocycles. The topological polar surface area (TPSA) is 120 Å². The van der Waals surface area contributed by atoms with Crippen molar-refractivity contribution in [2.45, 2.75) is 38.6 Å². The molecule has 2 amide bonds. The Morgan fingerprint density at radius 2 is 2.21 bits per heavy atom. The molecule has 0 radical (unpaired) electrons. The summed E-state index contributed by atoms with van der Waals surface area (Å²) in [5.74, 6) is -0.175. The van der Waals surface area contributed by atoms with Crippen LogP contribution in [0.1, 0.15) is 32.5 Å². The molecular weight excluding hydrogens is 250 g/mol. The highest BCUT2D eigenvalue weighted by atomic mass is 16.4. The zero-order chi connectivity index (χ0) is 14.3. The Hall–Kier alpha value is -2.12. The van der Waals surface area contributed by atoms with Gasteiger partial charge in [0.25, 0.3) is 0 Å². The Bertz CT molecular complexity index is 416. The van der Waals surface area contributed by atoms with Crippen molar-refractivity contribution in [3.05, 3.63) is 12.2 Å². The van der Waals surface area contributed by atoms with Gasteiger partial charge in [0.05, 0.1) is 0 Å². The van der Waals surface area contributed by atoms with Crippen molar-refractivity contribution < 1.29 is 14.7 Å². The van der Waals surface area contributed by atoms with Crippen molar-refractivity contribution in [1.29, 1.82) is 0 Å². The van der Waals surface area contributed by atoms with E-state index in [1.54, 1.807) is 13.8 Å². The summed E-state index contributed by atoms with van der Waals surface area (Å²) in [4.78, 5) is 26.0. The molecular formula is C11H19N5O3. The van der Waals surface area contributed by atoms with Gasteiger partial charge in [0.1, 0.15) is 12.2 Å². The lowest BCUT2D eigenvalue weighted by Crippen LogP contribution is -2.48. The number of nitrogens with zero attached hydrogens (tertiary/aromatic N) is 2. The number of H-pyrrole nitrogens is 1. The highest BCUT2D eigenvalue weighted by Crippen LogP contribution is 2.10. The van der Waals surface area contributed by atoms with E-state index in [2.05, 4.69) is 25.8 Å². The first-order valence-electron chi connectivity index (χ1n) is 6.01. The number of carbonyl (C=O) groups is 2. The van der Waals surface area contributed by atoms with Crippen molar-refractivity contribution in [2.24, 2.45) is 0 Å². The van der Waals surface area contributed by atoms with Gasteiger partial charge in [0.15, 0.2) is 0 Å². The molecule has 1 heterocycles. The average Bonchev–Trinajstić information content (AvgIpc) is 2.79. The van der Waals surface area contributed by atoms with Crippen LogP contribution in [-0.2, 0) is 11.2 Å². The summed E-state index contributed by atoms with van der Waals surface area (Å²) in [5, 5.41) is 20.4. The highest BCUT2D eigenvalue weighted by molar-refractivity contribution is 5.74. The van der Waals surface area contributed by atoms with Crippen LogP contribution in [0.15, 0.2) is 6.33 Å². The van der Waals surface area contributed by atoms with Crippen LogP contribution >= 0.6 is 0 Å². The third-order valence-electron chi connectivity index (χ3n) is 2.53. The van der Waals surface area contributed by atoms with Crippen LogP contribution in [0.3, 0.4) is 0 Å². The predicted molar refractivity (Wildman–Crippen MR) is 67.6 cm³/mol. The van der Waals surface area contributed by atoms with Crippen LogP contribution in [0, 0.1) is 0 Å². The summed E-state index contributed by atoms with van der Waals surface area (Å²) in [7, 11) is 0. The maximum Gasteiger partial charge on any atom is 0.315 e. The molecule has 0 unspecified atom stereocenters. The van der Waals surface area contributed by atoms with Crippen LogP contribution in [-0.4, -0.2) is 44.4 Å². The number of carbonyl (C=O) groups excluding carboxylic acids is 1. The van der Waals surface area contributed by atoms with Gasteiger partial charge in [0.2, 0.25) is 0 Å². The lowest BCUT2D eigenvalue weighted by molar-refractivity contribution is -0.137. The van der Waals surface area contributed by atoms with E-state index in [-0.39, 0.29) is 12.5 Å². The summed E-state index contributed by atoms with van der Waals surface area (Å²) >= 11 is 0. The first-order chi connectivity index (χ1) is 8.89. The lowest BCUT2D eigenvalue weighted by Gasteiger charge is -2.25. The van der Waals surface area contributed by atoms with Crippen molar-refractivity contribution in [1.82, 2.24) is 25.8 Å². The molecule has 0 aliphatic rings. The fraction of sp³-hybridized carbons (Fsp3) is 0.636. The fourth-order valence-electron chi connectivity index (χ4n) is 1.48. The second-order valence-corrected chi connectivity index (χ2v) is 4.84. The third kappa shape index (κ3) is 6.39. The monoisotopic (exact) mass is 269 g/mol. The van der Waals surface area contributed by atoms with Gasteiger partial charge in [-0.3, -0.25) is 9.89 Å². The lowest BCUT2D eigenvalue weighted by atomic mass is 9.99. The Morgan fingerprint density at radius 1 is 1.47 bits per heavy atom. The molecule has 4 N–H and O–H groups in total. The van der Waals surface area contributed by atoms with E-state index in [9.17, 15) is 9.59 Å². The second-order valence-electron chi connectivity index (χ2n) is 4.84. The number of rotatable bonds is 7. The summed E-state index contributed by atoms with van der Waals surface area (Å²) < 4.78 is 0. The molecule has 8 nitrogen and oxygen atoms in total. The Labute approximate surface area is 111 Å². The van der Waals surface area contributed by atoms with Crippen molar-refractivity contribution in [3.8, 4) is 0 Å². The highest BCUT2D eigenvalue weighted by Gasteiger charge is 2.21. The summed E-state index contributed by atoms with van der Waals surface area (Å²) in [6.07, 6.45) is 2.36. The number of amides is 2. The third-order valence-corrected chi connectivity index (χ3v) is 2.53. The van der Waals surface area contributed by atoms with Crippen LogP contribution < -0.4 is 10.6 Å². The molecule has 1 aromatic rings. The first kappa shape index (κ1) is 14.9. The van der Waals surface area contributed by atoms with Crippen LogP contribution in [0.5, 0.6) is 0 Å². The van der Waals surface area contributed by atoms with E-state index in [0.29, 0.717) is 25.2 Å². The Balaban J connectivity index is 2.24. The smallest absolute Gasteiger partial charge is 0.315 e. The molecule has 0 saturated heterocycles. The number of aliphatic carboxylic acids is 1. The molecule has 0 bridgehead atoms. The van der Waals surface area contributed by atoms with E-state index in [4.69, 9.17) is 5.11 Å². The van der Waals surface area contributed by atoms with Gasteiger partial charge >= 0.3 is 12.0 Å². The minimum Gasteiger partial charge on any atom is -0.481 e. The molecule has 0 saturated carbocycles. The largest absolute Gasteiger partial charge is 0.481 e. The maximum absolute atomic E-state index is 11.6. The van der Waals surface area contributed by atoms with Crippen molar-refractivity contribution >= 4 is 12.0 Å². The van der Waals surface area contributed by atoms with Crippen LogP contribution in [0.2, 0.25) is 0 Å². The number of aromatic nitrogens is 3. The van der Waals surface area contributed by atoms with E-state index >= 15 is 0 Å². The molecule has 0 aliphatic carbocycles. The Kier molecular flexibility index (Phi) is 5.28. The molecule has 0 fully saturated rings. The summed E-state index contributed by atoms with van der Waals surface area (Å²) in [5.41, 5.74) is -0.561. The Morgan fingerprint density at radius 3 is 2.79 bits per heavy atom. The van der Waals surface area contributed by atoms with Crippen LogP contribution in [0.4, 0.5) is 4.79 Å². The average molecular weight is 269 g/mol. The number of hydrogen-bond acceptors (Lipinski definition) is 4. The number of aromatic amines is 1. The maximum atomic E-state index is 11.6. The van der Waals surface area contributed by atoms with Crippen LogP contribution in [0.25, 0.3) is 0 Å². The van der Waals surface area contributed by atoms with Crippen molar-refractivity contribution in [2.75, 3.05) is 6.54 Å². The number of hydrogen-bond donors (Lipinski definition) is 4. The molecule has 0 aliphatic heterocycles. The molecule has 106 valence electrons. The van der Waals surface area contributed by atoms with Gasteiger partial charge < -0.3 is 15.7 Å². The number of carboxylic acids is 1. The van der Waals surface area contributed by atoms with Gasteiger partial charge in [0, 0.05) is 24.9 Å². The normalized spacial score (nSPS) is 11.1. The minimum atomic E-state index is -0.874. The molecule has 0 spiro atoms. The number of nitrogens with one attached hydrogen (secondary N) is 3. The van der Waals surface area contributed by atoms with Gasteiger partial charge in [-0.2, -0.15) is 5.10 Å². The molecule has 8 heteroatoms. The quantitative estimate of drug-likeness (QED) is 0.567. The summed E-state index contributed by atoms with van der Waals surface area (Å²) in [6, 6.07) is -0.324. The second kappa shape index (κ2) is 6.72. The minimum absolute atomic E-state index is 0.0192. The van der Waals surface area contributed by atoms with Gasteiger partial charge in [-0.15, -0.1) is 0 Å². The van der Waals surface area contributed by atoms with Gasteiger partial charge in [-0.1, -0.05) is 0 Å². The molecule has 1 rings (SSSR count). The number of carboxylic acid groups (broad SMARTS) is 1. The zero-order valence-electron chi connectivity index (χ0n) is 11.1. The predicted octanol–water partition coefficient (Wildman–Crippen LogP) is 0.290. The summed E-state index contributed by atoms with van der Waals surface area (Å²) in [6.45, 7) is 3.99. The number of urea groups is 1.